The summed E-state index contributed by atoms with van der Waals surface area (Å²) in [4.78, 5) is 24.3. The molecule has 1 N–H and O–H groups in total. The highest BCUT2D eigenvalue weighted by Gasteiger charge is 2.28. The van der Waals surface area contributed by atoms with Gasteiger partial charge in [-0.15, -0.1) is 0 Å². The number of piperazine rings is 1. The second kappa shape index (κ2) is 8.59. The van der Waals surface area contributed by atoms with E-state index in [2.05, 4.69) is 4.90 Å². The zero-order valence-electron chi connectivity index (χ0n) is 16.0. The summed E-state index contributed by atoms with van der Waals surface area (Å²) in [7, 11) is -3.67. The van der Waals surface area contributed by atoms with Gasteiger partial charge < -0.3 is 10.0 Å². The number of rotatable bonds is 6. The average Bonchev–Trinajstić information content (AvgIpc) is 2.72. The van der Waals surface area contributed by atoms with Crippen LogP contribution in [0, 0.1) is 0 Å². The summed E-state index contributed by atoms with van der Waals surface area (Å²) in [6.45, 7) is 3.28. The lowest BCUT2D eigenvalue weighted by Crippen LogP contribution is -2.48. The van der Waals surface area contributed by atoms with Crippen LogP contribution in [0.15, 0.2) is 59.5 Å². The van der Waals surface area contributed by atoms with Crippen molar-refractivity contribution in [3.63, 3.8) is 0 Å². The van der Waals surface area contributed by atoms with Gasteiger partial charge in [-0.05, 0) is 55.0 Å². The van der Waals surface area contributed by atoms with E-state index in [4.69, 9.17) is 5.11 Å². The van der Waals surface area contributed by atoms with E-state index in [1.165, 1.54) is 29.4 Å². The normalized spacial score (nSPS) is 15.6. The van der Waals surface area contributed by atoms with Crippen molar-refractivity contribution in [2.24, 2.45) is 0 Å². The molecule has 8 heteroatoms. The topological polar surface area (TPSA) is 95.0 Å². The van der Waals surface area contributed by atoms with Gasteiger partial charge in [-0.2, -0.15) is 4.31 Å². The number of Topliss-reactive ketones (excluding diaryl/α,β-unsaturated/α-hetero) is 1. The molecule has 0 unspecified atom stereocenters. The van der Waals surface area contributed by atoms with Crippen LogP contribution in [-0.2, 0) is 14.8 Å². The Labute approximate surface area is 169 Å². The molecule has 1 heterocycles. The van der Waals surface area contributed by atoms with Gasteiger partial charge in [0.2, 0.25) is 10.0 Å². The fourth-order valence-corrected chi connectivity index (χ4v) is 4.67. The fraction of sp³-hybridized carbons (Fsp3) is 0.238. The Balaban J connectivity index is 1.70. The van der Waals surface area contributed by atoms with Gasteiger partial charge in [0.05, 0.1) is 4.90 Å². The Bertz CT molecular complexity index is 1040. The summed E-state index contributed by atoms with van der Waals surface area (Å²) < 4.78 is 27.4. The second-order valence-electron chi connectivity index (χ2n) is 6.74. The van der Waals surface area contributed by atoms with Crippen LogP contribution in [0.2, 0.25) is 0 Å². The van der Waals surface area contributed by atoms with Crippen molar-refractivity contribution in [1.82, 2.24) is 4.31 Å². The molecule has 0 aliphatic carbocycles. The first kappa shape index (κ1) is 20.8. The van der Waals surface area contributed by atoms with E-state index >= 15 is 0 Å². The van der Waals surface area contributed by atoms with Gasteiger partial charge in [0.15, 0.2) is 5.78 Å². The third kappa shape index (κ3) is 4.90. The minimum atomic E-state index is -3.67. The lowest BCUT2D eigenvalue weighted by molar-refractivity contribution is -0.131. The van der Waals surface area contributed by atoms with Crippen LogP contribution >= 0.6 is 0 Å². The van der Waals surface area contributed by atoms with Crippen molar-refractivity contribution in [3.8, 4) is 0 Å². The Morgan fingerprint density at radius 3 is 2.24 bits per heavy atom. The zero-order chi connectivity index (χ0) is 21.0. The summed E-state index contributed by atoms with van der Waals surface area (Å²) in [5, 5.41) is 8.73. The van der Waals surface area contributed by atoms with E-state index in [1.54, 1.807) is 24.3 Å². The van der Waals surface area contributed by atoms with Crippen molar-refractivity contribution in [2.45, 2.75) is 11.8 Å². The van der Waals surface area contributed by atoms with Crippen LogP contribution in [-0.4, -0.2) is 55.8 Å². The van der Waals surface area contributed by atoms with Crippen molar-refractivity contribution < 1.29 is 23.1 Å². The molecule has 152 valence electrons. The van der Waals surface area contributed by atoms with Crippen LogP contribution < -0.4 is 4.90 Å². The quantitative estimate of drug-likeness (QED) is 0.576. The number of carboxylic acid groups (broad SMARTS) is 1. The van der Waals surface area contributed by atoms with Gasteiger partial charge >= 0.3 is 5.97 Å². The molecule has 29 heavy (non-hydrogen) atoms. The monoisotopic (exact) mass is 414 g/mol. The number of carbonyl (C=O) groups is 2. The smallest absolute Gasteiger partial charge is 0.328 e. The van der Waals surface area contributed by atoms with Crippen LogP contribution in [0.5, 0.6) is 0 Å². The lowest BCUT2D eigenvalue weighted by Gasteiger charge is -2.35. The predicted octanol–water partition coefficient (Wildman–Crippen LogP) is 2.50. The molecule has 0 saturated carbocycles. The highest BCUT2D eigenvalue weighted by Crippen LogP contribution is 2.22. The molecule has 2 aromatic carbocycles. The number of hydrogen-bond donors (Lipinski definition) is 1. The Morgan fingerprint density at radius 1 is 1.00 bits per heavy atom. The fourth-order valence-electron chi connectivity index (χ4n) is 3.19. The number of aliphatic carboxylic acids is 1. The number of carbonyl (C=O) groups excluding carboxylic acids is 1. The maximum absolute atomic E-state index is 13.0. The Kier molecular flexibility index (Phi) is 6.14. The first-order valence-electron chi connectivity index (χ1n) is 9.14. The van der Waals surface area contributed by atoms with Crippen molar-refractivity contribution >= 4 is 33.5 Å². The largest absolute Gasteiger partial charge is 0.478 e. The molecule has 0 atom stereocenters. The molecule has 2 aromatic rings. The van der Waals surface area contributed by atoms with Gasteiger partial charge in [-0.1, -0.05) is 12.1 Å². The third-order valence-electron chi connectivity index (χ3n) is 4.79. The van der Waals surface area contributed by atoms with E-state index in [0.29, 0.717) is 37.3 Å². The molecular weight excluding hydrogens is 392 g/mol. The van der Waals surface area contributed by atoms with Gasteiger partial charge in [0.1, 0.15) is 0 Å². The number of anilines is 1. The summed E-state index contributed by atoms with van der Waals surface area (Å²) in [6, 6.07) is 13.5. The standard InChI is InChI=1S/C21H22N2O5S/c1-16(24)18-6-8-19(9-7-18)22-11-13-23(14-12-22)29(27,28)20-4-2-3-17(15-20)5-10-21(25)26/h2-10,15H,11-14H2,1H3,(H,25,26). The number of hydrogen-bond acceptors (Lipinski definition) is 5. The Hall–Kier alpha value is -2.97. The summed E-state index contributed by atoms with van der Waals surface area (Å²) in [6.07, 6.45) is 2.34. The molecule has 3 rings (SSSR count). The Morgan fingerprint density at radius 2 is 1.66 bits per heavy atom. The SMILES string of the molecule is CC(=O)c1ccc(N2CCN(S(=O)(=O)c3cccc(C=CC(=O)O)c3)CC2)cc1. The third-order valence-corrected chi connectivity index (χ3v) is 6.69. The number of carboxylic acids is 1. The number of ketones is 1. The minimum absolute atomic E-state index is 0.00731. The van der Waals surface area contributed by atoms with Crippen molar-refractivity contribution in [2.75, 3.05) is 31.1 Å². The second-order valence-corrected chi connectivity index (χ2v) is 8.68. The molecule has 0 radical (unpaired) electrons. The molecule has 0 spiro atoms. The summed E-state index contributed by atoms with van der Waals surface area (Å²) >= 11 is 0. The lowest BCUT2D eigenvalue weighted by atomic mass is 10.1. The molecular formula is C21H22N2O5S. The molecule has 1 aliphatic heterocycles. The molecule has 1 saturated heterocycles. The van der Waals surface area contributed by atoms with Crippen LogP contribution in [0.1, 0.15) is 22.8 Å². The molecule has 0 aromatic heterocycles. The van der Waals surface area contributed by atoms with E-state index in [9.17, 15) is 18.0 Å². The van der Waals surface area contributed by atoms with Crippen molar-refractivity contribution in [3.05, 3.63) is 65.7 Å². The highest BCUT2D eigenvalue weighted by atomic mass is 32.2. The minimum Gasteiger partial charge on any atom is -0.478 e. The van der Waals surface area contributed by atoms with Gasteiger partial charge in [-0.3, -0.25) is 4.79 Å². The van der Waals surface area contributed by atoms with Gasteiger partial charge in [0.25, 0.3) is 0 Å². The highest BCUT2D eigenvalue weighted by molar-refractivity contribution is 7.89. The van der Waals surface area contributed by atoms with Gasteiger partial charge in [-0.25, -0.2) is 13.2 Å². The first-order valence-corrected chi connectivity index (χ1v) is 10.6. The maximum atomic E-state index is 13.0. The maximum Gasteiger partial charge on any atom is 0.328 e. The number of nitrogens with zero attached hydrogens (tertiary/aromatic N) is 2. The van der Waals surface area contributed by atoms with E-state index in [0.717, 1.165) is 11.8 Å². The van der Waals surface area contributed by atoms with E-state index in [1.807, 2.05) is 12.1 Å². The molecule has 0 amide bonds. The van der Waals surface area contributed by atoms with Crippen LogP contribution in [0.25, 0.3) is 6.08 Å². The molecule has 1 fully saturated rings. The molecule has 7 nitrogen and oxygen atoms in total. The number of sulfonamides is 1. The van der Waals surface area contributed by atoms with E-state index in [-0.39, 0.29) is 10.7 Å². The predicted molar refractivity (Wildman–Crippen MR) is 111 cm³/mol. The van der Waals surface area contributed by atoms with Crippen molar-refractivity contribution in [1.29, 1.82) is 0 Å². The van der Waals surface area contributed by atoms with Crippen LogP contribution in [0.4, 0.5) is 5.69 Å². The van der Waals surface area contributed by atoms with E-state index < -0.39 is 16.0 Å². The number of benzene rings is 2. The summed E-state index contributed by atoms with van der Waals surface area (Å²) in [5.41, 5.74) is 2.11. The molecule has 1 aliphatic rings. The molecule has 0 bridgehead atoms. The van der Waals surface area contributed by atoms with Gasteiger partial charge in [0, 0.05) is 43.5 Å². The zero-order valence-corrected chi connectivity index (χ0v) is 16.8. The first-order chi connectivity index (χ1) is 13.8. The summed E-state index contributed by atoms with van der Waals surface area (Å²) in [5.74, 6) is -1.08. The van der Waals surface area contributed by atoms with Crippen LogP contribution in [0.3, 0.4) is 0 Å². The average molecular weight is 414 g/mol.